The average molecular weight is 260 g/mol. The van der Waals surface area contributed by atoms with Gasteiger partial charge in [0.1, 0.15) is 0 Å². The number of aryl methyl sites for hydroxylation is 1. The van der Waals surface area contributed by atoms with Crippen molar-refractivity contribution in [2.45, 2.75) is 33.6 Å². The molecule has 1 aliphatic rings. The van der Waals surface area contributed by atoms with Crippen LogP contribution in [0.25, 0.3) is 11.1 Å². The van der Waals surface area contributed by atoms with Crippen LogP contribution in [0.3, 0.4) is 0 Å². The zero-order chi connectivity index (χ0) is 14.0. The smallest absolute Gasteiger partial charge is 0.167 e. The fraction of sp³-hybridized carbons (Fsp3) is 0.294. The number of fused-ring (bicyclic) bond motifs is 3. The summed E-state index contributed by atoms with van der Waals surface area (Å²) in [6.45, 7) is 5.85. The Bertz CT molecular complexity index is 600. The first-order valence-electron chi connectivity index (χ1n) is 6.65. The predicted molar refractivity (Wildman–Crippen MR) is 75.3 cm³/mol. The van der Waals surface area contributed by atoms with E-state index >= 15 is 0 Å². The van der Waals surface area contributed by atoms with Crippen molar-refractivity contribution in [3.8, 4) is 11.1 Å². The summed E-state index contributed by atoms with van der Waals surface area (Å²) in [4.78, 5) is 0. The zero-order valence-corrected chi connectivity index (χ0v) is 11.6. The molecule has 0 nitrogen and oxygen atoms in total. The lowest BCUT2D eigenvalue weighted by Crippen LogP contribution is -1.94. The lowest BCUT2D eigenvalue weighted by molar-refractivity contribution is 0.505. The highest BCUT2D eigenvalue weighted by atomic mass is 19.2. The van der Waals surface area contributed by atoms with Gasteiger partial charge in [-0.05, 0) is 35.6 Å². The summed E-state index contributed by atoms with van der Waals surface area (Å²) in [6.07, 6.45) is 1.95. The van der Waals surface area contributed by atoms with Gasteiger partial charge in [0.2, 0.25) is 0 Å². The molecule has 0 bridgehead atoms. The molecule has 0 aromatic heterocycles. The summed E-state index contributed by atoms with van der Waals surface area (Å²) in [7, 11) is 0. The Morgan fingerprint density at radius 2 is 1.63 bits per heavy atom. The van der Waals surface area contributed by atoms with Crippen LogP contribution < -0.4 is 0 Å². The van der Waals surface area contributed by atoms with E-state index < -0.39 is 11.6 Å². The van der Waals surface area contributed by atoms with Crippen LogP contribution in [0.5, 0.6) is 0 Å². The summed E-state index contributed by atoms with van der Waals surface area (Å²) in [5, 5.41) is 0. The van der Waals surface area contributed by atoms with Crippen molar-refractivity contribution in [3.05, 3.63) is 58.7 Å². The van der Waals surface area contributed by atoms with Gasteiger partial charge in [-0.15, -0.1) is 0 Å². The van der Waals surface area contributed by atoms with Gasteiger partial charge in [0.25, 0.3) is 0 Å². The quantitative estimate of drug-likeness (QED) is 0.517. The summed E-state index contributed by atoms with van der Waals surface area (Å²) in [5.74, 6) is -1.43. The zero-order valence-electron chi connectivity index (χ0n) is 11.6. The second-order valence-electron chi connectivity index (χ2n) is 4.90. The van der Waals surface area contributed by atoms with Crippen LogP contribution in [-0.4, -0.2) is 0 Å². The molecule has 0 unspecified atom stereocenters. The fourth-order valence-electron chi connectivity index (χ4n) is 2.37. The molecule has 0 fully saturated rings. The van der Waals surface area contributed by atoms with E-state index in [4.69, 9.17) is 0 Å². The van der Waals surface area contributed by atoms with Crippen molar-refractivity contribution in [3.63, 3.8) is 0 Å². The Balaban J connectivity index is 0.000000408. The summed E-state index contributed by atoms with van der Waals surface area (Å²) < 4.78 is 27.4. The highest BCUT2D eigenvalue weighted by molar-refractivity contribution is 5.77. The van der Waals surface area contributed by atoms with E-state index in [9.17, 15) is 8.78 Å². The average Bonchev–Trinajstić information content (AvgIpc) is 2.75. The number of hydrogen-bond acceptors (Lipinski definition) is 0. The minimum Gasteiger partial charge on any atom is -0.203 e. The SMILES string of the molecule is CCC.Cc1cc2c(c(F)c1F)-c1ccccc1C2. The first-order chi connectivity index (χ1) is 9.10. The van der Waals surface area contributed by atoms with Gasteiger partial charge in [-0.3, -0.25) is 0 Å². The molecule has 19 heavy (non-hydrogen) atoms. The van der Waals surface area contributed by atoms with Crippen LogP contribution >= 0.6 is 0 Å². The molecule has 2 heteroatoms. The third kappa shape index (κ3) is 2.40. The molecule has 0 saturated carbocycles. The molecule has 0 atom stereocenters. The van der Waals surface area contributed by atoms with Crippen molar-refractivity contribution >= 4 is 0 Å². The maximum atomic E-state index is 13.9. The lowest BCUT2D eigenvalue weighted by atomic mass is 10.0. The number of benzene rings is 2. The van der Waals surface area contributed by atoms with Crippen LogP contribution in [0.15, 0.2) is 30.3 Å². The van der Waals surface area contributed by atoms with Gasteiger partial charge in [-0.1, -0.05) is 50.6 Å². The maximum Gasteiger partial charge on any atom is 0.167 e. The first-order valence-corrected chi connectivity index (χ1v) is 6.65. The third-order valence-electron chi connectivity index (χ3n) is 3.14. The van der Waals surface area contributed by atoms with E-state index in [1.807, 2.05) is 24.3 Å². The van der Waals surface area contributed by atoms with Crippen molar-refractivity contribution in [1.82, 2.24) is 0 Å². The Hall–Kier alpha value is -1.70. The molecule has 3 rings (SSSR count). The van der Waals surface area contributed by atoms with Crippen molar-refractivity contribution in [2.24, 2.45) is 0 Å². The van der Waals surface area contributed by atoms with Crippen molar-refractivity contribution in [1.29, 1.82) is 0 Å². The van der Waals surface area contributed by atoms with Crippen LogP contribution in [0.4, 0.5) is 8.78 Å². The largest absolute Gasteiger partial charge is 0.203 e. The fourth-order valence-corrected chi connectivity index (χ4v) is 2.37. The van der Waals surface area contributed by atoms with Gasteiger partial charge in [-0.2, -0.15) is 0 Å². The van der Waals surface area contributed by atoms with Gasteiger partial charge < -0.3 is 0 Å². The van der Waals surface area contributed by atoms with Crippen molar-refractivity contribution < 1.29 is 8.78 Å². The van der Waals surface area contributed by atoms with E-state index in [0.717, 1.165) is 16.7 Å². The minimum absolute atomic E-state index is 0.379. The second kappa shape index (κ2) is 5.52. The molecule has 0 heterocycles. The summed E-state index contributed by atoms with van der Waals surface area (Å²) in [6, 6.07) is 9.33. The van der Waals surface area contributed by atoms with Crippen LogP contribution in [-0.2, 0) is 6.42 Å². The Labute approximate surface area is 113 Å². The number of rotatable bonds is 0. The van der Waals surface area contributed by atoms with Gasteiger partial charge in [0.15, 0.2) is 11.6 Å². The van der Waals surface area contributed by atoms with Crippen molar-refractivity contribution in [2.75, 3.05) is 0 Å². The van der Waals surface area contributed by atoms with Gasteiger partial charge in [0, 0.05) is 5.56 Å². The monoisotopic (exact) mass is 260 g/mol. The van der Waals surface area contributed by atoms with Crippen LogP contribution in [0.1, 0.15) is 37.0 Å². The normalized spacial score (nSPS) is 11.4. The molecule has 1 aliphatic carbocycles. The van der Waals surface area contributed by atoms with E-state index in [1.165, 1.54) is 6.42 Å². The highest BCUT2D eigenvalue weighted by Gasteiger charge is 2.24. The van der Waals surface area contributed by atoms with E-state index in [-0.39, 0.29) is 0 Å². The van der Waals surface area contributed by atoms with Gasteiger partial charge >= 0.3 is 0 Å². The molecule has 2 aromatic carbocycles. The molecule has 0 radical (unpaired) electrons. The van der Waals surface area contributed by atoms with Gasteiger partial charge in [0.05, 0.1) is 0 Å². The maximum absolute atomic E-state index is 13.9. The molecule has 100 valence electrons. The molecule has 0 amide bonds. The summed E-state index contributed by atoms with van der Waals surface area (Å²) >= 11 is 0. The molecule has 0 spiro atoms. The third-order valence-corrected chi connectivity index (χ3v) is 3.14. The first kappa shape index (κ1) is 13.7. The predicted octanol–water partition coefficient (Wildman–Crippen LogP) is 5.26. The Kier molecular flexibility index (Phi) is 3.98. The number of halogens is 2. The highest BCUT2D eigenvalue weighted by Crippen LogP contribution is 2.39. The summed E-state index contributed by atoms with van der Waals surface area (Å²) in [5.41, 5.74) is 3.61. The molecule has 0 aliphatic heterocycles. The molecular formula is C17H18F2. The molecular weight excluding hydrogens is 242 g/mol. The molecule has 0 N–H and O–H groups in total. The van der Waals surface area contributed by atoms with Crippen LogP contribution in [0, 0.1) is 18.6 Å². The minimum atomic E-state index is -0.726. The Morgan fingerprint density at radius 3 is 2.32 bits per heavy atom. The second-order valence-corrected chi connectivity index (χ2v) is 4.90. The van der Waals surface area contributed by atoms with Crippen LogP contribution in [0.2, 0.25) is 0 Å². The van der Waals surface area contributed by atoms with E-state index in [0.29, 0.717) is 17.5 Å². The van der Waals surface area contributed by atoms with Gasteiger partial charge in [-0.25, -0.2) is 8.78 Å². The molecule has 2 aromatic rings. The lowest BCUT2D eigenvalue weighted by Gasteiger charge is -2.06. The topological polar surface area (TPSA) is 0 Å². The Morgan fingerprint density at radius 1 is 1.00 bits per heavy atom. The number of hydrogen-bond donors (Lipinski definition) is 0. The standard InChI is InChI=1S/C14H10F2.C3H8/c1-8-6-10-7-9-4-2-3-5-11(9)12(10)14(16)13(8)15;1-3-2/h2-6H,7H2,1H3;3H2,1-2H3. The molecule has 0 saturated heterocycles. The van der Waals surface area contributed by atoms with E-state index in [2.05, 4.69) is 13.8 Å². The van der Waals surface area contributed by atoms with E-state index in [1.54, 1.807) is 13.0 Å².